The number of rotatable bonds is 5. The predicted octanol–water partition coefficient (Wildman–Crippen LogP) is 2.34. The minimum atomic E-state index is -0.689. The van der Waals surface area contributed by atoms with Gasteiger partial charge in [-0.25, -0.2) is 4.79 Å². The summed E-state index contributed by atoms with van der Waals surface area (Å²) in [6, 6.07) is 4.01. The molecular formula is C22H27Cl2N5O3. The largest absolute Gasteiger partial charge is 0.339 e. The molecule has 0 bridgehead atoms. The Morgan fingerprint density at radius 3 is 2.44 bits per heavy atom. The van der Waals surface area contributed by atoms with Crippen molar-refractivity contribution in [3.8, 4) is 0 Å². The molecule has 1 N–H and O–H groups in total. The van der Waals surface area contributed by atoms with Crippen molar-refractivity contribution in [3.05, 3.63) is 45.1 Å². The van der Waals surface area contributed by atoms with Crippen LogP contribution < -0.4 is 5.32 Å². The van der Waals surface area contributed by atoms with Gasteiger partial charge in [-0.3, -0.25) is 14.5 Å². The van der Waals surface area contributed by atoms with Crippen molar-refractivity contribution < 1.29 is 14.4 Å². The number of hydrogen-bond donors (Lipinski definition) is 1. The summed E-state index contributed by atoms with van der Waals surface area (Å²) in [5.41, 5.74) is 1.69. The van der Waals surface area contributed by atoms with Gasteiger partial charge in [0.2, 0.25) is 5.91 Å². The average molecular weight is 480 g/mol. The van der Waals surface area contributed by atoms with Crippen LogP contribution in [0.2, 0.25) is 10.0 Å². The van der Waals surface area contributed by atoms with Gasteiger partial charge in [-0.2, -0.15) is 0 Å². The third kappa shape index (κ3) is 4.19. The number of amides is 4. The summed E-state index contributed by atoms with van der Waals surface area (Å²) in [6.45, 7) is 8.54. The van der Waals surface area contributed by atoms with E-state index >= 15 is 0 Å². The highest BCUT2D eigenvalue weighted by Gasteiger charge is 2.44. The standard InChI is InChI=1S/C22H27Cl2N5O3/c1-3-26-7-9-27(10-8-26)18(30)13-28-12-17-19(21(28)31)20(25-22(32)29(17)4-2)15-6-5-14(23)11-16(15)24/h5-6,11,20H,3-4,7-10,12-13H2,1-2H3,(H,25,32). The Bertz CT molecular complexity index is 974. The Morgan fingerprint density at radius 2 is 1.81 bits per heavy atom. The number of carbonyl (C=O) groups is 3. The number of piperazine rings is 1. The van der Waals surface area contributed by atoms with Crippen LogP contribution in [0.5, 0.6) is 0 Å². The summed E-state index contributed by atoms with van der Waals surface area (Å²) in [7, 11) is 0. The van der Waals surface area contributed by atoms with Crippen molar-refractivity contribution in [3.63, 3.8) is 0 Å². The topological polar surface area (TPSA) is 76.2 Å². The van der Waals surface area contributed by atoms with Gasteiger partial charge in [-0.05, 0) is 31.2 Å². The lowest BCUT2D eigenvalue weighted by Gasteiger charge is -2.34. The summed E-state index contributed by atoms with van der Waals surface area (Å²) in [4.78, 5) is 46.3. The molecule has 1 fully saturated rings. The lowest BCUT2D eigenvalue weighted by Crippen LogP contribution is -2.51. The molecule has 1 unspecified atom stereocenters. The maximum Gasteiger partial charge on any atom is 0.322 e. The third-order valence-electron chi connectivity index (χ3n) is 6.38. The van der Waals surface area contributed by atoms with Gasteiger partial charge in [-0.1, -0.05) is 36.2 Å². The lowest BCUT2D eigenvalue weighted by molar-refractivity contribution is -0.138. The van der Waals surface area contributed by atoms with Gasteiger partial charge in [0.15, 0.2) is 0 Å². The summed E-state index contributed by atoms with van der Waals surface area (Å²) >= 11 is 12.4. The molecule has 10 heteroatoms. The Morgan fingerprint density at radius 1 is 1.09 bits per heavy atom. The number of nitrogens with zero attached hydrogens (tertiary/aromatic N) is 4. The van der Waals surface area contributed by atoms with E-state index in [0.29, 0.717) is 46.5 Å². The molecule has 8 nitrogen and oxygen atoms in total. The molecule has 3 aliphatic rings. The van der Waals surface area contributed by atoms with E-state index < -0.39 is 6.04 Å². The fourth-order valence-corrected chi connectivity index (χ4v) is 5.07. The van der Waals surface area contributed by atoms with Gasteiger partial charge < -0.3 is 20.0 Å². The van der Waals surface area contributed by atoms with E-state index in [-0.39, 0.29) is 30.9 Å². The number of benzene rings is 1. The number of carbonyl (C=O) groups excluding carboxylic acids is 3. The third-order valence-corrected chi connectivity index (χ3v) is 6.95. The summed E-state index contributed by atoms with van der Waals surface area (Å²) in [6.07, 6.45) is 0. The second-order valence-corrected chi connectivity index (χ2v) is 8.97. The Kier molecular flexibility index (Phi) is 6.65. The summed E-state index contributed by atoms with van der Waals surface area (Å²) in [5, 5.41) is 3.74. The number of hydrogen-bond acceptors (Lipinski definition) is 4. The van der Waals surface area contributed by atoms with Crippen molar-refractivity contribution in [2.24, 2.45) is 0 Å². The smallest absolute Gasteiger partial charge is 0.322 e. The van der Waals surface area contributed by atoms with Crippen molar-refractivity contribution in [2.75, 3.05) is 52.4 Å². The van der Waals surface area contributed by atoms with E-state index in [2.05, 4.69) is 17.1 Å². The van der Waals surface area contributed by atoms with Crippen LogP contribution in [0.4, 0.5) is 4.79 Å². The van der Waals surface area contributed by atoms with E-state index in [1.807, 2.05) is 11.8 Å². The van der Waals surface area contributed by atoms with Gasteiger partial charge in [0.05, 0.1) is 23.9 Å². The van der Waals surface area contributed by atoms with Gasteiger partial charge in [0.25, 0.3) is 5.91 Å². The van der Waals surface area contributed by atoms with Crippen LogP contribution in [0.25, 0.3) is 0 Å². The fourth-order valence-electron chi connectivity index (χ4n) is 4.56. The van der Waals surface area contributed by atoms with Gasteiger partial charge >= 0.3 is 6.03 Å². The molecule has 0 aromatic heterocycles. The second-order valence-electron chi connectivity index (χ2n) is 8.13. The molecule has 0 spiro atoms. The van der Waals surface area contributed by atoms with Crippen molar-refractivity contribution in [2.45, 2.75) is 19.9 Å². The van der Waals surface area contributed by atoms with Crippen LogP contribution in [-0.4, -0.2) is 89.8 Å². The second kappa shape index (κ2) is 9.29. The molecule has 4 rings (SSSR count). The lowest BCUT2D eigenvalue weighted by atomic mass is 9.95. The number of urea groups is 1. The zero-order valence-electron chi connectivity index (χ0n) is 18.2. The maximum atomic E-state index is 13.4. The molecule has 1 aromatic rings. The summed E-state index contributed by atoms with van der Waals surface area (Å²) in [5.74, 6) is -0.327. The molecule has 172 valence electrons. The minimum absolute atomic E-state index is 0.00915. The first-order valence-electron chi connectivity index (χ1n) is 10.9. The molecule has 1 aromatic carbocycles. The zero-order valence-corrected chi connectivity index (χ0v) is 19.7. The van der Waals surface area contributed by atoms with Crippen LogP contribution >= 0.6 is 23.2 Å². The first-order valence-corrected chi connectivity index (χ1v) is 11.6. The molecule has 0 aliphatic carbocycles. The first kappa shape index (κ1) is 22.9. The quantitative estimate of drug-likeness (QED) is 0.702. The monoisotopic (exact) mass is 479 g/mol. The van der Waals surface area contributed by atoms with Crippen LogP contribution in [0, 0.1) is 0 Å². The molecule has 3 aliphatic heterocycles. The van der Waals surface area contributed by atoms with Crippen LogP contribution in [0.3, 0.4) is 0 Å². The number of halogens is 2. The minimum Gasteiger partial charge on any atom is -0.339 e. The van der Waals surface area contributed by atoms with Gasteiger partial charge in [0, 0.05) is 42.8 Å². The molecule has 1 saturated heterocycles. The molecule has 0 saturated carbocycles. The highest BCUT2D eigenvalue weighted by Crippen LogP contribution is 2.39. The first-order chi connectivity index (χ1) is 15.3. The van der Waals surface area contributed by atoms with E-state index in [1.165, 1.54) is 4.90 Å². The van der Waals surface area contributed by atoms with E-state index in [4.69, 9.17) is 23.2 Å². The Hall–Kier alpha value is -2.29. The Balaban J connectivity index is 1.56. The number of nitrogens with one attached hydrogen (secondary N) is 1. The molecular weight excluding hydrogens is 453 g/mol. The zero-order chi connectivity index (χ0) is 23.0. The highest BCUT2D eigenvalue weighted by atomic mass is 35.5. The van der Waals surface area contributed by atoms with E-state index in [0.717, 1.165) is 19.6 Å². The normalized spacial score (nSPS) is 21.9. The van der Waals surface area contributed by atoms with Gasteiger partial charge in [0.1, 0.15) is 6.54 Å². The summed E-state index contributed by atoms with van der Waals surface area (Å²) < 4.78 is 0. The molecule has 32 heavy (non-hydrogen) atoms. The maximum absolute atomic E-state index is 13.4. The van der Waals surface area contributed by atoms with Crippen LogP contribution in [0.1, 0.15) is 25.5 Å². The predicted molar refractivity (Wildman–Crippen MR) is 122 cm³/mol. The average Bonchev–Trinajstić information content (AvgIpc) is 3.09. The van der Waals surface area contributed by atoms with E-state index in [9.17, 15) is 14.4 Å². The SMILES string of the molecule is CCN1CCN(C(=O)CN2CC3=C(C2=O)C(c2ccc(Cl)cc2Cl)NC(=O)N3CC)CC1. The Labute approximate surface area is 197 Å². The van der Waals surface area contributed by atoms with E-state index in [1.54, 1.807) is 23.1 Å². The molecule has 3 heterocycles. The van der Waals surface area contributed by atoms with Crippen molar-refractivity contribution >= 4 is 41.0 Å². The molecule has 0 radical (unpaired) electrons. The van der Waals surface area contributed by atoms with Crippen LogP contribution in [-0.2, 0) is 9.59 Å². The van der Waals surface area contributed by atoms with Crippen molar-refractivity contribution in [1.29, 1.82) is 0 Å². The van der Waals surface area contributed by atoms with Crippen LogP contribution in [0.15, 0.2) is 29.5 Å². The van der Waals surface area contributed by atoms with Gasteiger partial charge in [-0.15, -0.1) is 0 Å². The fraction of sp³-hybridized carbons (Fsp3) is 0.500. The molecule has 1 atom stereocenters. The molecule has 4 amide bonds. The van der Waals surface area contributed by atoms with Crippen molar-refractivity contribution in [1.82, 2.24) is 24.9 Å². The number of likely N-dealkylation sites (N-methyl/N-ethyl adjacent to an activating group) is 2. The highest BCUT2D eigenvalue weighted by molar-refractivity contribution is 6.35.